The summed E-state index contributed by atoms with van der Waals surface area (Å²) in [4.78, 5) is 12.1. The van der Waals surface area contributed by atoms with Crippen LogP contribution in [0.15, 0.2) is 0 Å². The van der Waals surface area contributed by atoms with Crippen molar-refractivity contribution in [2.45, 2.75) is 33.1 Å². The van der Waals surface area contributed by atoms with Crippen molar-refractivity contribution < 1.29 is 4.79 Å². The highest BCUT2D eigenvalue weighted by Crippen LogP contribution is 2.16. The summed E-state index contributed by atoms with van der Waals surface area (Å²) in [5.41, 5.74) is 7.62. The Bertz CT molecular complexity index is 259. The fraction of sp³-hybridized carbons (Fsp3) is 0.800. The predicted octanol–water partition coefficient (Wildman–Crippen LogP) is 0.816. The molecule has 1 amide bonds. The van der Waals surface area contributed by atoms with Gasteiger partial charge in [-0.25, -0.2) is 5.01 Å². The number of hydrogen-bond acceptors (Lipinski definition) is 3. The van der Waals surface area contributed by atoms with E-state index in [1.807, 2.05) is 5.01 Å². The van der Waals surface area contributed by atoms with E-state index < -0.39 is 5.41 Å². The number of nitrogens with one attached hydrogen (secondary N) is 1. The number of nitrogens with zero attached hydrogens (tertiary/aromatic N) is 1. The number of rotatable bonds is 3. The van der Waals surface area contributed by atoms with Crippen molar-refractivity contribution in [3.05, 3.63) is 0 Å². The second-order valence-corrected chi connectivity index (χ2v) is 4.92. The van der Waals surface area contributed by atoms with Gasteiger partial charge >= 0.3 is 0 Å². The van der Waals surface area contributed by atoms with Crippen molar-refractivity contribution >= 4 is 23.1 Å². The second-order valence-electron chi connectivity index (χ2n) is 4.48. The fourth-order valence-electron chi connectivity index (χ4n) is 1.40. The molecule has 0 aromatic heterocycles. The molecule has 0 bridgehead atoms. The Hall–Kier alpha value is -0.680. The van der Waals surface area contributed by atoms with Gasteiger partial charge in [0.2, 0.25) is 5.91 Å². The van der Waals surface area contributed by atoms with E-state index in [0.717, 1.165) is 25.9 Å². The maximum Gasteiger partial charge on any atom is 0.246 e. The molecule has 0 spiro atoms. The van der Waals surface area contributed by atoms with Crippen LogP contribution in [0, 0.1) is 5.41 Å². The molecule has 0 unspecified atom stereocenters. The highest BCUT2D eigenvalue weighted by molar-refractivity contribution is 7.80. The van der Waals surface area contributed by atoms with Crippen LogP contribution in [-0.2, 0) is 4.79 Å². The highest BCUT2D eigenvalue weighted by Gasteiger charge is 2.32. The van der Waals surface area contributed by atoms with E-state index in [4.69, 9.17) is 18.0 Å². The Morgan fingerprint density at radius 2 is 1.87 bits per heavy atom. The van der Waals surface area contributed by atoms with Gasteiger partial charge < -0.3 is 5.73 Å². The van der Waals surface area contributed by atoms with E-state index >= 15 is 0 Å². The number of carbonyl (C=O) groups is 1. The summed E-state index contributed by atoms with van der Waals surface area (Å²) >= 11 is 4.87. The van der Waals surface area contributed by atoms with Gasteiger partial charge in [-0.3, -0.25) is 10.2 Å². The molecule has 86 valence electrons. The predicted molar refractivity (Wildman–Crippen MR) is 64.1 cm³/mol. The summed E-state index contributed by atoms with van der Waals surface area (Å²) in [5, 5.41) is 1.95. The second kappa shape index (κ2) is 4.90. The molecule has 1 heterocycles. The lowest BCUT2D eigenvalue weighted by Crippen LogP contribution is -2.52. The quantitative estimate of drug-likeness (QED) is 0.703. The largest absolute Gasteiger partial charge is 0.392 e. The Kier molecular flexibility index (Phi) is 4.04. The molecule has 0 atom stereocenters. The van der Waals surface area contributed by atoms with Crippen molar-refractivity contribution in [3.8, 4) is 0 Å². The third kappa shape index (κ3) is 3.14. The average Bonchev–Trinajstić information content (AvgIpc) is 2.18. The average molecular weight is 229 g/mol. The number of carbonyl (C=O) groups excluding carboxylic acids is 1. The minimum absolute atomic E-state index is 0.114. The van der Waals surface area contributed by atoms with Crippen LogP contribution >= 0.6 is 12.2 Å². The van der Waals surface area contributed by atoms with Crippen LogP contribution in [0.1, 0.15) is 33.1 Å². The third-order valence-electron chi connectivity index (χ3n) is 2.80. The SMILES string of the molecule is CC(C)(C(=O)NN1CCCCC1)C(N)=S. The molecule has 0 aliphatic carbocycles. The molecule has 0 aromatic rings. The van der Waals surface area contributed by atoms with E-state index in [1.165, 1.54) is 6.42 Å². The number of hydrogen-bond donors (Lipinski definition) is 2. The number of amides is 1. The summed E-state index contributed by atoms with van der Waals surface area (Å²) < 4.78 is 0. The lowest BCUT2D eigenvalue weighted by atomic mass is 9.93. The molecule has 4 nitrogen and oxygen atoms in total. The van der Waals surface area contributed by atoms with E-state index in [1.54, 1.807) is 13.8 Å². The molecule has 1 aliphatic rings. The molecule has 1 fully saturated rings. The molecule has 0 aromatic carbocycles. The van der Waals surface area contributed by atoms with Crippen LogP contribution < -0.4 is 11.2 Å². The van der Waals surface area contributed by atoms with Crippen LogP contribution in [0.2, 0.25) is 0 Å². The molecule has 1 aliphatic heterocycles. The molecule has 3 N–H and O–H groups in total. The van der Waals surface area contributed by atoms with Crippen molar-refractivity contribution in [2.24, 2.45) is 11.1 Å². The zero-order valence-corrected chi connectivity index (χ0v) is 10.2. The summed E-state index contributed by atoms with van der Waals surface area (Å²) in [6, 6.07) is 0. The number of piperidine rings is 1. The maximum atomic E-state index is 11.9. The summed E-state index contributed by atoms with van der Waals surface area (Å²) in [5.74, 6) is -0.114. The first kappa shape index (κ1) is 12.4. The normalized spacial score (nSPS) is 18.5. The van der Waals surface area contributed by atoms with E-state index in [0.29, 0.717) is 0 Å². The third-order valence-corrected chi connectivity index (χ3v) is 3.31. The maximum absolute atomic E-state index is 11.9. The molecule has 1 rings (SSSR count). The first-order valence-electron chi connectivity index (χ1n) is 5.30. The standard InChI is InChI=1S/C10H19N3OS/c1-10(2,8(11)15)9(14)12-13-6-4-3-5-7-13/h3-7H2,1-2H3,(H2,11,15)(H,12,14). The van der Waals surface area contributed by atoms with E-state index in [9.17, 15) is 4.79 Å². The van der Waals surface area contributed by atoms with Crippen LogP contribution in [0.3, 0.4) is 0 Å². The van der Waals surface area contributed by atoms with Gasteiger partial charge in [0.15, 0.2) is 0 Å². The van der Waals surface area contributed by atoms with E-state index in [-0.39, 0.29) is 10.9 Å². The number of thiocarbonyl (C=S) groups is 1. The number of nitrogens with two attached hydrogens (primary N) is 1. The molecule has 5 heteroatoms. The number of hydrazine groups is 1. The van der Waals surface area contributed by atoms with Gasteiger partial charge in [0.1, 0.15) is 0 Å². The minimum atomic E-state index is -0.771. The highest BCUT2D eigenvalue weighted by atomic mass is 32.1. The van der Waals surface area contributed by atoms with Gasteiger partial charge in [-0.2, -0.15) is 0 Å². The zero-order chi connectivity index (χ0) is 11.5. The van der Waals surface area contributed by atoms with Gasteiger partial charge in [0.25, 0.3) is 0 Å². The fourth-order valence-corrected chi connectivity index (χ4v) is 1.49. The van der Waals surface area contributed by atoms with Crippen molar-refractivity contribution in [1.82, 2.24) is 10.4 Å². The van der Waals surface area contributed by atoms with E-state index in [2.05, 4.69) is 5.43 Å². The van der Waals surface area contributed by atoms with Gasteiger partial charge in [-0.15, -0.1) is 0 Å². The van der Waals surface area contributed by atoms with Crippen LogP contribution in [0.4, 0.5) is 0 Å². The molecule has 15 heavy (non-hydrogen) atoms. The first-order valence-corrected chi connectivity index (χ1v) is 5.71. The van der Waals surface area contributed by atoms with Gasteiger partial charge in [0.05, 0.1) is 10.4 Å². The molecule has 0 radical (unpaired) electrons. The first-order chi connectivity index (χ1) is 6.94. The van der Waals surface area contributed by atoms with Crippen molar-refractivity contribution in [1.29, 1.82) is 0 Å². The lowest BCUT2D eigenvalue weighted by Gasteiger charge is -2.31. The summed E-state index contributed by atoms with van der Waals surface area (Å²) in [6.45, 7) is 5.32. The Morgan fingerprint density at radius 3 is 2.33 bits per heavy atom. The van der Waals surface area contributed by atoms with Crippen LogP contribution in [-0.4, -0.2) is 29.0 Å². The molecule has 0 saturated carbocycles. The molecular weight excluding hydrogens is 210 g/mol. The Morgan fingerprint density at radius 1 is 1.33 bits per heavy atom. The molecule has 1 saturated heterocycles. The Labute approximate surface area is 96.2 Å². The van der Waals surface area contributed by atoms with Crippen molar-refractivity contribution in [2.75, 3.05) is 13.1 Å². The smallest absolute Gasteiger partial charge is 0.246 e. The van der Waals surface area contributed by atoms with Gasteiger partial charge in [-0.1, -0.05) is 18.6 Å². The monoisotopic (exact) mass is 229 g/mol. The zero-order valence-electron chi connectivity index (χ0n) is 9.38. The van der Waals surface area contributed by atoms with Gasteiger partial charge in [-0.05, 0) is 26.7 Å². The summed E-state index contributed by atoms with van der Waals surface area (Å²) in [6.07, 6.45) is 3.51. The lowest BCUT2D eigenvalue weighted by molar-refractivity contribution is -0.131. The minimum Gasteiger partial charge on any atom is -0.392 e. The van der Waals surface area contributed by atoms with Gasteiger partial charge in [0, 0.05) is 13.1 Å². The summed E-state index contributed by atoms with van der Waals surface area (Å²) in [7, 11) is 0. The van der Waals surface area contributed by atoms with Crippen molar-refractivity contribution in [3.63, 3.8) is 0 Å². The van der Waals surface area contributed by atoms with Crippen LogP contribution in [0.5, 0.6) is 0 Å². The van der Waals surface area contributed by atoms with Crippen LogP contribution in [0.25, 0.3) is 0 Å². The Balaban J connectivity index is 2.50. The topological polar surface area (TPSA) is 58.4 Å². The molecular formula is C10H19N3OS.